The summed E-state index contributed by atoms with van der Waals surface area (Å²) in [5.41, 5.74) is 0.952. The van der Waals surface area contributed by atoms with E-state index in [9.17, 15) is 13.5 Å². The summed E-state index contributed by atoms with van der Waals surface area (Å²) >= 11 is 0. The van der Waals surface area contributed by atoms with Crippen LogP contribution in [0.1, 0.15) is 44.3 Å². The Morgan fingerprint density at radius 2 is 2.24 bits per heavy atom. The van der Waals surface area contributed by atoms with Crippen molar-refractivity contribution < 1.29 is 13.5 Å². The van der Waals surface area contributed by atoms with Gasteiger partial charge in [-0.25, -0.2) is 12.7 Å². The van der Waals surface area contributed by atoms with Crippen LogP contribution in [0.25, 0.3) is 0 Å². The molecule has 120 valence electrons. The van der Waals surface area contributed by atoms with Gasteiger partial charge in [-0.05, 0) is 36.8 Å². The monoisotopic (exact) mass is 314 g/mol. The van der Waals surface area contributed by atoms with Crippen LogP contribution in [-0.4, -0.2) is 41.7 Å². The Hall–Kier alpha value is -0.850. The number of hydrogen-bond acceptors (Lipinski definition) is 3. The number of aliphatic hydroxyl groups is 1. The van der Waals surface area contributed by atoms with Crippen LogP contribution in [0.5, 0.6) is 0 Å². The lowest BCUT2D eigenvalue weighted by Gasteiger charge is -2.31. The van der Waals surface area contributed by atoms with Crippen LogP contribution in [0.15, 0.2) is 18.5 Å². The molecule has 0 spiro atoms. The molecule has 1 aliphatic rings. The quantitative estimate of drug-likeness (QED) is 0.873. The number of hydrogen-bond donors (Lipinski definition) is 1. The Kier molecular flexibility index (Phi) is 5.46. The molecule has 0 amide bonds. The van der Waals surface area contributed by atoms with Gasteiger partial charge in [-0.3, -0.25) is 0 Å². The Morgan fingerprint density at radius 1 is 1.48 bits per heavy atom. The molecule has 1 saturated heterocycles. The predicted molar refractivity (Wildman–Crippen MR) is 83.4 cm³/mol. The van der Waals surface area contributed by atoms with Crippen LogP contribution < -0.4 is 0 Å². The number of rotatable bonds is 6. The number of sulfonamides is 1. The first kappa shape index (κ1) is 16.5. The molecule has 1 aromatic heterocycles. The Morgan fingerprint density at radius 3 is 2.90 bits per heavy atom. The minimum absolute atomic E-state index is 0.344. The molecule has 1 aromatic rings. The van der Waals surface area contributed by atoms with Crippen LogP contribution in [0.2, 0.25) is 0 Å². The molecule has 0 radical (unpaired) electrons. The number of aliphatic hydroxyl groups excluding tert-OH is 1. The van der Waals surface area contributed by atoms with Gasteiger partial charge in [0.25, 0.3) is 0 Å². The van der Waals surface area contributed by atoms with E-state index in [-0.39, 0.29) is 0 Å². The minimum Gasteiger partial charge on any atom is -0.388 e. The van der Waals surface area contributed by atoms with E-state index in [1.807, 2.05) is 18.5 Å². The van der Waals surface area contributed by atoms with Crippen molar-refractivity contribution in [3.8, 4) is 0 Å². The Bertz CT molecular complexity index is 553. The van der Waals surface area contributed by atoms with Crippen molar-refractivity contribution in [1.82, 2.24) is 8.87 Å². The summed E-state index contributed by atoms with van der Waals surface area (Å²) in [5.74, 6) is 0.344. The second kappa shape index (κ2) is 6.94. The first-order valence-corrected chi connectivity index (χ1v) is 9.54. The molecular formula is C15H26N2O3S. The average molecular weight is 314 g/mol. The SMILES string of the molecule is CCCC(O)c1ccn(CC2CCCN(S(C)(=O)=O)C2)c1. The first-order valence-electron chi connectivity index (χ1n) is 7.69. The fourth-order valence-electron chi connectivity index (χ4n) is 2.99. The predicted octanol–water partition coefficient (Wildman–Crippen LogP) is 1.99. The van der Waals surface area contributed by atoms with E-state index >= 15 is 0 Å². The molecule has 0 saturated carbocycles. The van der Waals surface area contributed by atoms with Gasteiger partial charge in [-0.15, -0.1) is 0 Å². The summed E-state index contributed by atoms with van der Waals surface area (Å²) in [6, 6.07) is 1.96. The standard InChI is InChI=1S/C15H26N2O3S/c1-3-5-15(18)14-7-9-16(12-14)10-13-6-4-8-17(11-13)21(2,19)20/h7,9,12-13,15,18H,3-6,8,10-11H2,1-2H3. The van der Waals surface area contributed by atoms with Crippen molar-refractivity contribution in [2.75, 3.05) is 19.3 Å². The molecule has 1 N–H and O–H groups in total. The van der Waals surface area contributed by atoms with Crippen molar-refractivity contribution in [2.45, 2.75) is 45.3 Å². The van der Waals surface area contributed by atoms with Gasteiger partial charge in [-0.1, -0.05) is 13.3 Å². The zero-order chi connectivity index (χ0) is 15.5. The molecule has 2 atom stereocenters. The normalized spacial score (nSPS) is 22.3. The van der Waals surface area contributed by atoms with E-state index in [0.29, 0.717) is 19.0 Å². The third kappa shape index (κ3) is 4.56. The molecule has 2 unspecified atom stereocenters. The average Bonchev–Trinajstić information content (AvgIpc) is 2.87. The van der Waals surface area contributed by atoms with Gasteiger partial charge in [0, 0.05) is 32.0 Å². The minimum atomic E-state index is -3.08. The molecule has 6 heteroatoms. The van der Waals surface area contributed by atoms with Crippen LogP contribution in [-0.2, 0) is 16.6 Å². The maximum Gasteiger partial charge on any atom is 0.211 e. The van der Waals surface area contributed by atoms with Crippen molar-refractivity contribution in [3.05, 3.63) is 24.0 Å². The number of nitrogens with zero attached hydrogens (tertiary/aromatic N) is 2. The smallest absolute Gasteiger partial charge is 0.211 e. The lowest BCUT2D eigenvalue weighted by Crippen LogP contribution is -2.40. The highest BCUT2D eigenvalue weighted by Gasteiger charge is 2.26. The second-order valence-electron chi connectivity index (χ2n) is 6.08. The van der Waals surface area contributed by atoms with E-state index in [1.54, 1.807) is 4.31 Å². The number of piperidine rings is 1. The summed E-state index contributed by atoms with van der Waals surface area (Å²) < 4.78 is 26.9. The maximum absolute atomic E-state index is 11.6. The summed E-state index contributed by atoms with van der Waals surface area (Å²) in [4.78, 5) is 0. The summed E-state index contributed by atoms with van der Waals surface area (Å²) in [6.07, 6.45) is 8.56. The molecule has 21 heavy (non-hydrogen) atoms. The lowest BCUT2D eigenvalue weighted by atomic mass is 10.00. The molecular weight excluding hydrogens is 288 g/mol. The molecule has 1 aliphatic heterocycles. The van der Waals surface area contributed by atoms with Crippen LogP contribution in [0, 0.1) is 5.92 Å². The fraction of sp³-hybridized carbons (Fsp3) is 0.733. The summed E-state index contributed by atoms with van der Waals surface area (Å²) in [5, 5.41) is 9.99. The zero-order valence-electron chi connectivity index (χ0n) is 12.9. The van der Waals surface area contributed by atoms with Gasteiger partial charge in [0.05, 0.1) is 12.4 Å². The fourth-order valence-corrected chi connectivity index (χ4v) is 3.93. The summed E-state index contributed by atoms with van der Waals surface area (Å²) in [7, 11) is -3.08. The highest BCUT2D eigenvalue weighted by molar-refractivity contribution is 7.88. The van der Waals surface area contributed by atoms with E-state index in [1.165, 1.54) is 6.26 Å². The topological polar surface area (TPSA) is 62.5 Å². The summed E-state index contributed by atoms with van der Waals surface area (Å²) in [6.45, 7) is 4.11. The van der Waals surface area contributed by atoms with E-state index in [0.717, 1.165) is 37.8 Å². The van der Waals surface area contributed by atoms with Crippen molar-refractivity contribution >= 4 is 10.0 Å². The molecule has 0 bridgehead atoms. The molecule has 0 aromatic carbocycles. The Balaban J connectivity index is 1.95. The first-order chi connectivity index (χ1) is 9.90. The third-order valence-electron chi connectivity index (χ3n) is 4.14. The van der Waals surface area contributed by atoms with Gasteiger partial charge in [0.15, 0.2) is 0 Å². The van der Waals surface area contributed by atoms with Gasteiger partial charge in [0.2, 0.25) is 10.0 Å². The van der Waals surface area contributed by atoms with Gasteiger partial charge < -0.3 is 9.67 Å². The van der Waals surface area contributed by atoms with Crippen molar-refractivity contribution in [1.29, 1.82) is 0 Å². The van der Waals surface area contributed by atoms with E-state index in [2.05, 4.69) is 11.5 Å². The largest absolute Gasteiger partial charge is 0.388 e. The molecule has 0 aliphatic carbocycles. The maximum atomic E-state index is 11.6. The highest BCUT2D eigenvalue weighted by atomic mass is 32.2. The van der Waals surface area contributed by atoms with Crippen molar-refractivity contribution in [2.24, 2.45) is 5.92 Å². The van der Waals surface area contributed by atoms with Crippen molar-refractivity contribution in [3.63, 3.8) is 0 Å². The molecule has 2 rings (SSSR count). The third-order valence-corrected chi connectivity index (χ3v) is 5.41. The second-order valence-corrected chi connectivity index (χ2v) is 8.06. The van der Waals surface area contributed by atoms with Crippen LogP contribution in [0.3, 0.4) is 0 Å². The molecule has 1 fully saturated rings. The van der Waals surface area contributed by atoms with Gasteiger partial charge >= 0.3 is 0 Å². The lowest BCUT2D eigenvalue weighted by molar-refractivity contribution is 0.166. The molecule has 2 heterocycles. The van der Waals surface area contributed by atoms with Crippen LogP contribution in [0.4, 0.5) is 0 Å². The van der Waals surface area contributed by atoms with Crippen LogP contribution >= 0.6 is 0 Å². The van der Waals surface area contributed by atoms with E-state index in [4.69, 9.17) is 0 Å². The highest BCUT2D eigenvalue weighted by Crippen LogP contribution is 2.22. The zero-order valence-corrected chi connectivity index (χ0v) is 13.7. The van der Waals surface area contributed by atoms with E-state index < -0.39 is 16.1 Å². The Labute approximate surface area is 127 Å². The molecule has 5 nitrogen and oxygen atoms in total. The van der Waals surface area contributed by atoms with Gasteiger partial charge in [-0.2, -0.15) is 0 Å². The number of aromatic nitrogens is 1. The van der Waals surface area contributed by atoms with Gasteiger partial charge in [0.1, 0.15) is 0 Å².